The first kappa shape index (κ1) is 13.2. The largest absolute Gasteiger partial charge is 0.480 e. The number of H-pyrrole nitrogens is 1. The number of carboxylic acid groups (broad SMARTS) is 1. The van der Waals surface area contributed by atoms with Crippen LogP contribution in [0.1, 0.15) is 25.6 Å². The number of aromatic nitrogens is 4. The van der Waals surface area contributed by atoms with Gasteiger partial charge in [-0.15, -0.1) is 10.2 Å². The third-order valence-electron chi connectivity index (χ3n) is 3.20. The Morgan fingerprint density at radius 2 is 2.37 bits per heavy atom. The molecule has 0 radical (unpaired) electrons. The highest BCUT2D eigenvalue weighted by Crippen LogP contribution is 2.22. The molecule has 1 aromatic rings. The van der Waals surface area contributed by atoms with Crippen LogP contribution in [0.3, 0.4) is 0 Å². The Morgan fingerprint density at radius 3 is 3.00 bits per heavy atom. The van der Waals surface area contributed by atoms with Gasteiger partial charge in [-0.25, -0.2) is 9.59 Å². The second-order valence-corrected chi connectivity index (χ2v) is 4.66. The van der Waals surface area contributed by atoms with Crippen LogP contribution in [0.15, 0.2) is 0 Å². The molecule has 9 nitrogen and oxygen atoms in total. The molecule has 0 bridgehead atoms. The van der Waals surface area contributed by atoms with Gasteiger partial charge < -0.3 is 15.3 Å². The summed E-state index contributed by atoms with van der Waals surface area (Å²) >= 11 is 0. The summed E-state index contributed by atoms with van der Waals surface area (Å²) in [7, 11) is 0. The van der Waals surface area contributed by atoms with Crippen molar-refractivity contribution in [2.75, 3.05) is 6.54 Å². The van der Waals surface area contributed by atoms with Crippen LogP contribution >= 0.6 is 0 Å². The first-order valence-corrected chi connectivity index (χ1v) is 6.07. The first-order chi connectivity index (χ1) is 9.08. The molecule has 3 N–H and O–H groups in total. The molecule has 0 aromatic carbocycles. The summed E-state index contributed by atoms with van der Waals surface area (Å²) < 4.78 is 0. The summed E-state index contributed by atoms with van der Waals surface area (Å²) in [6.07, 6.45) is 1.28. The van der Waals surface area contributed by atoms with Gasteiger partial charge in [0, 0.05) is 6.54 Å². The molecule has 2 unspecified atom stereocenters. The van der Waals surface area contributed by atoms with E-state index in [-0.39, 0.29) is 6.54 Å². The number of amides is 2. The van der Waals surface area contributed by atoms with E-state index in [4.69, 9.17) is 5.11 Å². The molecular formula is C10H16N6O3. The van der Waals surface area contributed by atoms with Gasteiger partial charge in [-0.3, -0.25) is 0 Å². The van der Waals surface area contributed by atoms with Crippen molar-refractivity contribution in [2.45, 2.75) is 32.4 Å². The fourth-order valence-corrected chi connectivity index (χ4v) is 2.13. The molecule has 19 heavy (non-hydrogen) atoms. The topological polar surface area (TPSA) is 124 Å². The predicted molar refractivity (Wildman–Crippen MR) is 62.9 cm³/mol. The third kappa shape index (κ3) is 3.18. The standard InChI is InChI=1S/C10H16N6O3/c1-6-2-3-16(7(4-6)9(17)18)10(19)11-5-8-12-14-15-13-8/h6-7H,2-5H2,1H3,(H,11,19)(H,17,18)(H,12,13,14,15). The van der Waals surface area contributed by atoms with Crippen molar-refractivity contribution < 1.29 is 14.7 Å². The van der Waals surface area contributed by atoms with Crippen LogP contribution in [0.2, 0.25) is 0 Å². The number of carbonyl (C=O) groups is 2. The summed E-state index contributed by atoms with van der Waals surface area (Å²) in [4.78, 5) is 24.5. The van der Waals surface area contributed by atoms with Crippen molar-refractivity contribution in [3.05, 3.63) is 5.82 Å². The number of nitrogens with one attached hydrogen (secondary N) is 2. The van der Waals surface area contributed by atoms with Crippen molar-refractivity contribution in [1.29, 1.82) is 0 Å². The van der Waals surface area contributed by atoms with Crippen molar-refractivity contribution >= 4 is 12.0 Å². The molecule has 1 aromatic heterocycles. The SMILES string of the molecule is CC1CCN(C(=O)NCc2nn[nH]n2)C(C(=O)O)C1. The Morgan fingerprint density at radius 1 is 1.58 bits per heavy atom. The zero-order valence-electron chi connectivity index (χ0n) is 10.5. The smallest absolute Gasteiger partial charge is 0.326 e. The molecule has 0 saturated carbocycles. The van der Waals surface area contributed by atoms with Gasteiger partial charge in [0.25, 0.3) is 0 Å². The molecule has 0 aliphatic carbocycles. The van der Waals surface area contributed by atoms with Crippen LogP contribution in [0, 0.1) is 5.92 Å². The van der Waals surface area contributed by atoms with E-state index in [1.807, 2.05) is 6.92 Å². The number of urea groups is 1. The summed E-state index contributed by atoms with van der Waals surface area (Å²) in [6.45, 7) is 2.55. The lowest BCUT2D eigenvalue weighted by Gasteiger charge is -2.35. The molecule has 2 rings (SSSR count). The van der Waals surface area contributed by atoms with Crippen molar-refractivity contribution in [1.82, 2.24) is 30.8 Å². The van der Waals surface area contributed by atoms with E-state index >= 15 is 0 Å². The van der Waals surface area contributed by atoms with Gasteiger partial charge in [0.2, 0.25) is 0 Å². The number of carboxylic acids is 1. The van der Waals surface area contributed by atoms with Crippen LogP contribution in [-0.4, -0.2) is 55.2 Å². The van der Waals surface area contributed by atoms with Crippen molar-refractivity contribution in [2.24, 2.45) is 5.92 Å². The Bertz CT molecular complexity index is 448. The third-order valence-corrected chi connectivity index (χ3v) is 3.20. The molecule has 1 aliphatic rings. The van der Waals surface area contributed by atoms with E-state index in [0.717, 1.165) is 6.42 Å². The molecule has 2 atom stereocenters. The van der Waals surface area contributed by atoms with E-state index in [1.54, 1.807) is 0 Å². The first-order valence-electron chi connectivity index (χ1n) is 6.07. The second kappa shape index (κ2) is 5.63. The quantitative estimate of drug-likeness (QED) is 0.684. The molecule has 0 spiro atoms. The Kier molecular flexibility index (Phi) is 3.93. The average Bonchev–Trinajstić information content (AvgIpc) is 2.88. The highest BCUT2D eigenvalue weighted by Gasteiger charge is 2.34. The number of hydrogen-bond acceptors (Lipinski definition) is 5. The van der Waals surface area contributed by atoms with Gasteiger partial charge in [-0.2, -0.15) is 5.21 Å². The van der Waals surface area contributed by atoms with Crippen LogP contribution in [0.5, 0.6) is 0 Å². The highest BCUT2D eigenvalue weighted by atomic mass is 16.4. The van der Waals surface area contributed by atoms with Gasteiger partial charge in [-0.1, -0.05) is 12.1 Å². The van der Waals surface area contributed by atoms with Crippen LogP contribution < -0.4 is 5.32 Å². The molecule has 9 heteroatoms. The monoisotopic (exact) mass is 268 g/mol. The predicted octanol–water partition coefficient (Wildman–Crippen LogP) is -0.406. The van der Waals surface area contributed by atoms with Gasteiger partial charge in [0.05, 0.1) is 6.54 Å². The van der Waals surface area contributed by atoms with E-state index in [9.17, 15) is 9.59 Å². The van der Waals surface area contributed by atoms with E-state index in [0.29, 0.717) is 24.7 Å². The van der Waals surface area contributed by atoms with Gasteiger partial charge in [0.1, 0.15) is 6.04 Å². The number of likely N-dealkylation sites (tertiary alicyclic amines) is 1. The minimum atomic E-state index is -0.971. The van der Waals surface area contributed by atoms with Gasteiger partial charge >= 0.3 is 12.0 Å². The van der Waals surface area contributed by atoms with Crippen LogP contribution in [0.4, 0.5) is 4.79 Å². The maximum Gasteiger partial charge on any atom is 0.326 e. The lowest BCUT2D eigenvalue weighted by molar-refractivity contribution is -0.143. The number of carbonyl (C=O) groups excluding carboxylic acids is 1. The minimum absolute atomic E-state index is 0.119. The maximum absolute atomic E-state index is 12.0. The molecular weight excluding hydrogens is 252 g/mol. The average molecular weight is 268 g/mol. The highest BCUT2D eigenvalue weighted by molar-refractivity contribution is 5.82. The summed E-state index contributed by atoms with van der Waals surface area (Å²) in [6, 6.07) is -1.18. The number of hydrogen-bond donors (Lipinski definition) is 3. The van der Waals surface area contributed by atoms with E-state index < -0.39 is 18.0 Å². The summed E-state index contributed by atoms with van der Waals surface area (Å²) in [5.41, 5.74) is 0. The van der Waals surface area contributed by atoms with E-state index in [1.165, 1.54) is 4.90 Å². The lowest BCUT2D eigenvalue weighted by Crippen LogP contribution is -2.53. The Labute approximate surface area is 109 Å². The van der Waals surface area contributed by atoms with Gasteiger partial charge in [-0.05, 0) is 18.8 Å². The Balaban J connectivity index is 1.94. The number of aromatic amines is 1. The number of piperidine rings is 1. The van der Waals surface area contributed by atoms with Crippen molar-refractivity contribution in [3.8, 4) is 0 Å². The molecule has 104 valence electrons. The van der Waals surface area contributed by atoms with Gasteiger partial charge in [0.15, 0.2) is 5.82 Å². The fraction of sp³-hybridized carbons (Fsp3) is 0.700. The molecule has 1 aliphatic heterocycles. The zero-order chi connectivity index (χ0) is 13.8. The number of tetrazole rings is 1. The maximum atomic E-state index is 12.0. The summed E-state index contributed by atoms with van der Waals surface area (Å²) in [5, 5.41) is 24.8. The molecule has 2 amide bonds. The van der Waals surface area contributed by atoms with Crippen LogP contribution in [-0.2, 0) is 11.3 Å². The number of rotatable bonds is 3. The summed E-state index contributed by atoms with van der Waals surface area (Å²) in [5.74, 6) is -0.311. The van der Waals surface area contributed by atoms with Crippen LogP contribution in [0.25, 0.3) is 0 Å². The number of aliphatic carboxylic acids is 1. The second-order valence-electron chi connectivity index (χ2n) is 4.66. The Hall–Kier alpha value is -2.19. The van der Waals surface area contributed by atoms with Crippen molar-refractivity contribution in [3.63, 3.8) is 0 Å². The minimum Gasteiger partial charge on any atom is -0.480 e. The molecule has 1 saturated heterocycles. The normalized spacial score (nSPS) is 23.1. The molecule has 1 fully saturated rings. The zero-order valence-corrected chi connectivity index (χ0v) is 10.5. The lowest BCUT2D eigenvalue weighted by atomic mass is 9.93. The van der Waals surface area contributed by atoms with E-state index in [2.05, 4.69) is 25.9 Å². The molecule has 2 heterocycles. The fourth-order valence-electron chi connectivity index (χ4n) is 2.13. The number of nitrogens with zero attached hydrogens (tertiary/aromatic N) is 4.